The van der Waals surface area contributed by atoms with Gasteiger partial charge in [0.2, 0.25) is 11.8 Å². The van der Waals surface area contributed by atoms with Crippen LogP contribution in [0.5, 0.6) is 0 Å². The van der Waals surface area contributed by atoms with E-state index in [1.165, 1.54) is 0 Å². The summed E-state index contributed by atoms with van der Waals surface area (Å²) in [5.74, 6) is -0.321. The van der Waals surface area contributed by atoms with Crippen molar-refractivity contribution in [2.24, 2.45) is 5.73 Å². The summed E-state index contributed by atoms with van der Waals surface area (Å²) >= 11 is 0. The molecule has 15 heavy (non-hydrogen) atoms. The van der Waals surface area contributed by atoms with Crippen molar-refractivity contribution >= 4 is 11.8 Å². The zero-order valence-electron chi connectivity index (χ0n) is 8.74. The lowest BCUT2D eigenvalue weighted by Crippen LogP contribution is -2.57. The van der Waals surface area contributed by atoms with Gasteiger partial charge in [0.05, 0.1) is 0 Å². The highest BCUT2D eigenvalue weighted by Gasteiger charge is 2.36. The first-order valence-corrected chi connectivity index (χ1v) is 5.50. The first-order valence-electron chi connectivity index (χ1n) is 5.50. The lowest BCUT2D eigenvalue weighted by Gasteiger charge is -2.39. The number of nitrogens with zero attached hydrogens (tertiary/aromatic N) is 1. The summed E-state index contributed by atoms with van der Waals surface area (Å²) in [6.45, 7) is 1.68. The minimum absolute atomic E-state index is 0.0597. The fraction of sp³-hybridized carbons (Fsp3) is 0.800. The van der Waals surface area contributed by atoms with Gasteiger partial charge in [-0.2, -0.15) is 0 Å². The molecule has 3 N–H and O–H groups in total. The number of nitrogens with one attached hydrogen (secondary N) is 1. The Morgan fingerprint density at radius 2 is 2.20 bits per heavy atom. The zero-order valence-corrected chi connectivity index (χ0v) is 8.74. The number of rotatable bonds is 3. The second-order valence-electron chi connectivity index (χ2n) is 4.29. The molecule has 5 nitrogen and oxygen atoms in total. The third-order valence-corrected chi connectivity index (χ3v) is 3.25. The van der Waals surface area contributed by atoms with E-state index in [9.17, 15) is 9.59 Å². The van der Waals surface area contributed by atoms with E-state index in [0.29, 0.717) is 19.0 Å². The number of carbonyl (C=O) groups excluding carboxylic acids is 2. The normalized spacial score (nSPS) is 30.0. The number of hydrogen-bond acceptors (Lipinski definition) is 3. The molecule has 2 aliphatic heterocycles. The Labute approximate surface area is 89.0 Å². The van der Waals surface area contributed by atoms with Crippen molar-refractivity contribution in [3.63, 3.8) is 0 Å². The highest BCUT2D eigenvalue weighted by molar-refractivity contribution is 5.88. The van der Waals surface area contributed by atoms with Gasteiger partial charge in [-0.1, -0.05) is 0 Å². The van der Waals surface area contributed by atoms with Crippen molar-refractivity contribution in [3.05, 3.63) is 0 Å². The van der Waals surface area contributed by atoms with Crippen LogP contribution >= 0.6 is 0 Å². The minimum Gasteiger partial charge on any atom is -0.368 e. The van der Waals surface area contributed by atoms with Gasteiger partial charge in [0.1, 0.15) is 6.04 Å². The van der Waals surface area contributed by atoms with Crippen LogP contribution in [0.4, 0.5) is 0 Å². The SMILES string of the molecule is NC(=O)C1CCN1C(=O)C[C@@H]1CCCN1. The quantitative estimate of drug-likeness (QED) is 0.642. The van der Waals surface area contributed by atoms with Crippen molar-refractivity contribution in [2.75, 3.05) is 13.1 Å². The third kappa shape index (κ3) is 2.12. The van der Waals surface area contributed by atoms with E-state index in [1.54, 1.807) is 4.90 Å². The van der Waals surface area contributed by atoms with E-state index in [4.69, 9.17) is 5.73 Å². The summed E-state index contributed by atoms with van der Waals surface area (Å²) in [6, 6.07) is -0.0504. The molecule has 0 radical (unpaired) electrons. The van der Waals surface area contributed by atoms with Crippen LogP contribution in [0.1, 0.15) is 25.7 Å². The van der Waals surface area contributed by atoms with E-state index < -0.39 is 0 Å². The lowest BCUT2D eigenvalue weighted by molar-refractivity contribution is -0.146. The summed E-state index contributed by atoms with van der Waals surface area (Å²) in [5, 5.41) is 3.27. The third-order valence-electron chi connectivity index (χ3n) is 3.25. The Balaban J connectivity index is 1.82. The fourth-order valence-corrected chi connectivity index (χ4v) is 2.24. The van der Waals surface area contributed by atoms with Crippen LogP contribution in [0.25, 0.3) is 0 Å². The Kier molecular flexibility index (Phi) is 2.90. The van der Waals surface area contributed by atoms with Crippen LogP contribution in [0.2, 0.25) is 0 Å². The molecule has 2 amide bonds. The van der Waals surface area contributed by atoms with Crippen LogP contribution < -0.4 is 11.1 Å². The van der Waals surface area contributed by atoms with Gasteiger partial charge in [-0.05, 0) is 25.8 Å². The van der Waals surface area contributed by atoms with Gasteiger partial charge in [0.15, 0.2) is 0 Å². The maximum Gasteiger partial charge on any atom is 0.240 e. The summed E-state index contributed by atoms with van der Waals surface area (Å²) in [7, 11) is 0. The Morgan fingerprint density at radius 1 is 1.40 bits per heavy atom. The molecule has 2 aliphatic rings. The number of likely N-dealkylation sites (tertiary alicyclic amines) is 1. The molecule has 1 unspecified atom stereocenters. The monoisotopic (exact) mass is 211 g/mol. The van der Waals surface area contributed by atoms with Gasteiger partial charge in [-0.25, -0.2) is 0 Å². The van der Waals surface area contributed by atoms with Crippen LogP contribution in [0, 0.1) is 0 Å². The topological polar surface area (TPSA) is 75.4 Å². The zero-order chi connectivity index (χ0) is 10.8. The van der Waals surface area contributed by atoms with E-state index in [1.807, 2.05) is 0 Å². The van der Waals surface area contributed by atoms with Crippen LogP contribution in [-0.2, 0) is 9.59 Å². The average Bonchev–Trinajstić information content (AvgIpc) is 2.52. The Hall–Kier alpha value is -1.10. The molecule has 0 spiro atoms. The summed E-state index contributed by atoms with van der Waals surface area (Å²) < 4.78 is 0. The molecule has 0 aromatic heterocycles. The van der Waals surface area contributed by atoms with Crippen LogP contribution in [0.15, 0.2) is 0 Å². The molecule has 2 fully saturated rings. The van der Waals surface area contributed by atoms with Crippen molar-refractivity contribution in [1.29, 1.82) is 0 Å². The second kappa shape index (κ2) is 4.18. The summed E-state index contributed by atoms with van der Waals surface area (Å²) in [6.07, 6.45) is 3.42. The first-order chi connectivity index (χ1) is 7.18. The highest BCUT2D eigenvalue weighted by Crippen LogP contribution is 2.20. The van der Waals surface area contributed by atoms with E-state index >= 15 is 0 Å². The number of primary amides is 1. The highest BCUT2D eigenvalue weighted by atomic mass is 16.2. The van der Waals surface area contributed by atoms with Gasteiger partial charge in [0, 0.05) is 19.0 Å². The Morgan fingerprint density at radius 3 is 2.67 bits per heavy atom. The van der Waals surface area contributed by atoms with E-state index in [2.05, 4.69) is 5.32 Å². The Bertz CT molecular complexity index is 274. The smallest absolute Gasteiger partial charge is 0.240 e. The summed E-state index contributed by atoms with van der Waals surface area (Å²) in [4.78, 5) is 24.3. The molecule has 2 heterocycles. The molecular formula is C10H17N3O2. The van der Waals surface area contributed by atoms with Crippen molar-refractivity contribution < 1.29 is 9.59 Å². The van der Waals surface area contributed by atoms with Gasteiger partial charge in [0.25, 0.3) is 0 Å². The molecule has 84 valence electrons. The fourth-order valence-electron chi connectivity index (χ4n) is 2.24. The number of hydrogen-bond donors (Lipinski definition) is 2. The average molecular weight is 211 g/mol. The van der Waals surface area contributed by atoms with Gasteiger partial charge in [-0.3, -0.25) is 9.59 Å². The molecule has 5 heteroatoms. The standard InChI is InChI=1S/C10H17N3O2/c11-10(15)8-3-5-13(8)9(14)6-7-2-1-4-12-7/h7-8,12H,1-6H2,(H2,11,15)/t7-,8?/m0/s1. The predicted octanol–water partition coefficient (Wildman–Crippen LogP) is -0.785. The molecule has 0 aliphatic carbocycles. The molecule has 0 aromatic rings. The van der Waals surface area contributed by atoms with E-state index in [0.717, 1.165) is 25.8 Å². The molecule has 2 rings (SSSR count). The number of amides is 2. The van der Waals surface area contributed by atoms with Gasteiger partial charge in [-0.15, -0.1) is 0 Å². The lowest BCUT2D eigenvalue weighted by atomic mass is 10.0. The minimum atomic E-state index is -0.381. The number of carbonyl (C=O) groups is 2. The molecular weight excluding hydrogens is 194 g/mol. The number of nitrogens with two attached hydrogens (primary N) is 1. The van der Waals surface area contributed by atoms with Gasteiger partial charge < -0.3 is 16.0 Å². The molecule has 2 atom stereocenters. The molecule has 2 saturated heterocycles. The summed E-state index contributed by atoms with van der Waals surface area (Å²) in [5.41, 5.74) is 5.19. The molecule has 0 saturated carbocycles. The molecule has 0 bridgehead atoms. The predicted molar refractivity (Wildman–Crippen MR) is 55.0 cm³/mol. The maximum atomic E-state index is 11.8. The van der Waals surface area contributed by atoms with Crippen molar-refractivity contribution in [1.82, 2.24) is 10.2 Å². The first kappa shape index (κ1) is 10.4. The second-order valence-corrected chi connectivity index (χ2v) is 4.29. The van der Waals surface area contributed by atoms with Gasteiger partial charge >= 0.3 is 0 Å². The van der Waals surface area contributed by atoms with E-state index in [-0.39, 0.29) is 17.9 Å². The maximum absolute atomic E-state index is 11.8. The van der Waals surface area contributed by atoms with Crippen molar-refractivity contribution in [3.8, 4) is 0 Å². The van der Waals surface area contributed by atoms with Crippen LogP contribution in [-0.4, -0.2) is 41.9 Å². The van der Waals surface area contributed by atoms with Crippen LogP contribution in [0.3, 0.4) is 0 Å². The largest absolute Gasteiger partial charge is 0.368 e. The van der Waals surface area contributed by atoms with Crippen molar-refractivity contribution in [2.45, 2.75) is 37.8 Å². The molecule has 0 aromatic carbocycles.